The van der Waals surface area contributed by atoms with E-state index in [0.29, 0.717) is 43.7 Å². The summed E-state index contributed by atoms with van der Waals surface area (Å²) in [6, 6.07) is 0. The van der Waals surface area contributed by atoms with E-state index in [9.17, 15) is 19.2 Å². The molecule has 3 amide bonds. The predicted octanol–water partition coefficient (Wildman–Crippen LogP) is 13.0. The van der Waals surface area contributed by atoms with Crippen LogP contribution in [0.4, 0.5) is 9.59 Å². The van der Waals surface area contributed by atoms with Gasteiger partial charge in [-0.2, -0.15) is 0 Å². The monoisotopic (exact) mass is 898 g/mol. The fraction of sp³-hybridized carbons (Fsp3) is 0.889. The molecule has 10 heteroatoms. The summed E-state index contributed by atoms with van der Waals surface area (Å²) in [6.45, 7) is 34.4. The summed E-state index contributed by atoms with van der Waals surface area (Å²) >= 11 is 0. The first kappa shape index (κ1) is 53.8. The molecule has 0 heterocycles. The van der Waals surface area contributed by atoms with Crippen molar-refractivity contribution in [3.8, 4) is 0 Å². The first-order chi connectivity index (χ1) is 29.5. The Bertz CT molecular complexity index is 1620. The molecule has 4 rings (SSSR count). The topological polar surface area (TPSA) is 123 Å². The van der Waals surface area contributed by atoms with E-state index >= 15 is 0 Å². The number of rotatable bonds is 19. The van der Waals surface area contributed by atoms with E-state index < -0.39 is 34.5 Å². The number of ether oxygens (including phenoxy) is 3. The average Bonchev–Trinajstić information content (AvgIpc) is 3.50. The number of alkyl carbamates (subject to hydrolysis) is 2. The molecule has 368 valence electrons. The molecule has 64 heavy (non-hydrogen) atoms. The molecule has 10 nitrogen and oxygen atoms in total. The fourth-order valence-electron chi connectivity index (χ4n) is 12.8. The van der Waals surface area contributed by atoms with Crippen LogP contribution < -0.4 is 10.6 Å². The molecular weight excluding hydrogens is 803 g/mol. The summed E-state index contributed by atoms with van der Waals surface area (Å²) < 4.78 is 17.1. The Kier molecular flexibility index (Phi) is 18.0. The van der Waals surface area contributed by atoms with Crippen molar-refractivity contribution < 1.29 is 33.4 Å². The molecule has 3 saturated carbocycles. The minimum Gasteiger partial charge on any atom is -0.462 e. The van der Waals surface area contributed by atoms with Crippen LogP contribution in [-0.2, 0) is 23.8 Å². The number of esters is 1. The Hall–Kier alpha value is -2.78. The Balaban J connectivity index is 1.33. The van der Waals surface area contributed by atoms with Crippen molar-refractivity contribution in [2.45, 2.75) is 242 Å². The summed E-state index contributed by atoms with van der Waals surface area (Å²) in [4.78, 5) is 54.3. The molecule has 3 fully saturated rings. The lowest BCUT2D eigenvalue weighted by molar-refractivity contribution is -0.153. The van der Waals surface area contributed by atoms with Gasteiger partial charge in [-0.25, -0.2) is 9.59 Å². The minimum absolute atomic E-state index is 0.0223. The van der Waals surface area contributed by atoms with Gasteiger partial charge in [0.1, 0.15) is 17.3 Å². The smallest absolute Gasteiger partial charge is 0.408 e. The van der Waals surface area contributed by atoms with E-state index in [0.717, 1.165) is 61.2 Å². The second-order valence-electron chi connectivity index (χ2n) is 25.1. The number of allylic oxidation sites excluding steroid dienone is 1. The van der Waals surface area contributed by atoms with E-state index in [1.165, 1.54) is 50.5 Å². The molecule has 0 saturated heterocycles. The van der Waals surface area contributed by atoms with Crippen molar-refractivity contribution in [2.24, 2.45) is 52.3 Å². The van der Waals surface area contributed by atoms with E-state index in [-0.39, 0.29) is 36.2 Å². The largest absolute Gasteiger partial charge is 0.462 e. The van der Waals surface area contributed by atoms with Crippen molar-refractivity contribution in [1.82, 2.24) is 15.5 Å². The number of nitrogens with zero attached hydrogens (tertiary/aromatic N) is 1. The molecule has 0 radical (unpaired) electrons. The van der Waals surface area contributed by atoms with Crippen LogP contribution in [0.2, 0.25) is 0 Å². The third-order valence-electron chi connectivity index (χ3n) is 16.4. The van der Waals surface area contributed by atoms with Crippen molar-refractivity contribution in [3.05, 3.63) is 11.6 Å². The maximum Gasteiger partial charge on any atom is 0.408 e. The van der Waals surface area contributed by atoms with Gasteiger partial charge in [-0.3, -0.25) is 9.59 Å². The van der Waals surface area contributed by atoms with Crippen LogP contribution in [-0.4, -0.2) is 70.4 Å². The second kappa shape index (κ2) is 21.5. The Morgan fingerprint density at radius 2 is 1.38 bits per heavy atom. The maximum atomic E-state index is 13.9. The summed E-state index contributed by atoms with van der Waals surface area (Å²) in [5.41, 5.74) is -0.344. The highest BCUT2D eigenvalue weighted by Crippen LogP contribution is 2.67. The van der Waals surface area contributed by atoms with Crippen molar-refractivity contribution >= 4 is 24.1 Å². The lowest BCUT2D eigenvalue weighted by Gasteiger charge is -2.58. The van der Waals surface area contributed by atoms with Crippen LogP contribution in [0.5, 0.6) is 0 Å². The molecule has 0 spiro atoms. The van der Waals surface area contributed by atoms with Crippen LogP contribution in [0.15, 0.2) is 11.6 Å². The number of hydrogen-bond donors (Lipinski definition) is 2. The average molecular weight is 898 g/mol. The van der Waals surface area contributed by atoms with E-state index in [1.54, 1.807) is 4.90 Å². The third kappa shape index (κ3) is 14.9. The summed E-state index contributed by atoms with van der Waals surface area (Å²) in [5.74, 6) is 5.06. The zero-order valence-electron chi connectivity index (χ0n) is 43.7. The molecule has 0 aromatic rings. The Morgan fingerprint density at radius 1 is 0.766 bits per heavy atom. The Morgan fingerprint density at radius 3 is 1.95 bits per heavy atom. The quantitative estimate of drug-likeness (QED) is 0.0752. The molecule has 0 aromatic heterocycles. The molecule has 0 aliphatic heterocycles. The SMILES string of the molecule is CC[C@H](CC[C@@H](C)[C@H]1CC[C@H]2[C@@H]3CC=C4C[C@@H](OC(=O)CCC(=O)N(CCCC(C)(C)NC(=O)OC(C)(C)C)CCC(C)(C)NC(=O)OC(C)(C)C)CC[C@]4(C)[C@H]3CC[C@]12C)C(C)C. The van der Waals surface area contributed by atoms with Crippen LogP contribution >= 0.6 is 0 Å². The van der Waals surface area contributed by atoms with E-state index in [4.69, 9.17) is 14.2 Å². The summed E-state index contributed by atoms with van der Waals surface area (Å²) in [6.07, 6.45) is 16.5. The van der Waals surface area contributed by atoms with Gasteiger partial charge < -0.3 is 29.7 Å². The summed E-state index contributed by atoms with van der Waals surface area (Å²) in [7, 11) is 0. The van der Waals surface area contributed by atoms with Gasteiger partial charge in [0, 0.05) is 37.0 Å². The zero-order valence-corrected chi connectivity index (χ0v) is 43.7. The van der Waals surface area contributed by atoms with Crippen molar-refractivity contribution in [3.63, 3.8) is 0 Å². The highest BCUT2D eigenvalue weighted by atomic mass is 16.6. The van der Waals surface area contributed by atoms with Gasteiger partial charge in [0.15, 0.2) is 0 Å². The van der Waals surface area contributed by atoms with Gasteiger partial charge in [0.25, 0.3) is 0 Å². The second-order valence-corrected chi connectivity index (χ2v) is 25.1. The molecule has 4 aliphatic carbocycles. The van der Waals surface area contributed by atoms with Crippen LogP contribution in [0.1, 0.15) is 214 Å². The van der Waals surface area contributed by atoms with Crippen molar-refractivity contribution in [1.29, 1.82) is 0 Å². The number of hydrogen-bond acceptors (Lipinski definition) is 7. The minimum atomic E-state index is -0.651. The molecule has 9 atom stereocenters. The van der Waals surface area contributed by atoms with Crippen LogP contribution in [0.25, 0.3) is 0 Å². The molecular formula is C54H95N3O7. The molecule has 0 bridgehead atoms. The van der Waals surface area contributed by atoms with Gasteiger partial charge in [-0.1, -0.05) is 66.0 Å². The highest BCUT2D eigenvalue weighted by Gasteiger charge is 2.59. The van der Waals surface area contributed by atoms with Gasteiger partial charge in [-0.15, -0.1) is 0 Å². The molecule has 2 N–H and O–H groups in total. The molecule has 0 aromatic carbocycles. The predicted molar refractivity (Wildman–Crippen MR) is 259 cm³/mol. The van der Waals surface area contributed by atoms with E-state index in [1.807, 2.05) is 69.2 Å². The lowest BCUT2D eigenvalue weighted by atomic mass is 9.47. The van der Waals surface area contributed by atoms with Gasteiger partial charge >= 0.3 is 18.2 Å². The summed E-state index contributed by atoms with van der Waals surface area (Å²) in [5, 5.41) is 5.91. The standard InChI is InChI=1S/C54H95N3O7/c1-17-38(36(2)3)20-19-37(4)42-23-24-43-41-22-21-39-35-40(27-30-53(39,15)44(41)28-31-54(42,43)16)62-46(59)26-25-45(58)57(34-32-52(13,14)56-48(61)64-50(8,9)10)33-18-29-51(11,12)55-47(60)63-49(5,6)7/h21,36-38,40-44H,17-20,22-35H2,1-16H3,(H,55,60)(H,56,61)/t37-,38-,40+,41+,42-,43+,44+,53+,54-/m1/s1. The zero-order chi connectivity index (χ0) is 48.1. The fourth-order valence-corrected chi connectivity index (χ4v) is 12.8. The Labute approximate surface area is 390 Å². The highest BCUT2D eigenvalue weighted by molar-refractivity contribution is 5.81. The molecule has 0 unspecified atom stereocenters. The number of carbonyl (C=O) groups excluding carboxylic acids is 4. The normalized spacial score (nSPS) is 28.1. The number of nitrogens with one attached hydrogen (secondary N) is 2. The van der Waals surface area contributed by atoms with Crippen molar-refractivity contribution in [2.75, 3.05) is 13.1 Å². The third-order valence-corrected chi connectivity index (χ3v) is 16.4. The number of amides is 3. The van der Waals surface area contributed by atoms with Gasteiger partial charge in [-0.05, 0) is 192 Å². The van der Waals surface area contributed by atoms with Gasteiger partial charge in [0.05, 0.1) is 6.42 Å². The maximum absolute atomic E-state index is 13.9. The first-order valence-corrected chi connectivity index (χ1v) is 25.7. The first-order valence-electron chi connectivity index (χ1n) is 25.7. The van der Waals surface area contributed by atoms with Gasteiger partial charge in [0.2, 0.25) is 5.91 Å². The van der Waals surface area contributed by atoms with Crippen LogP contribution in [0.3, 0.4) is 0 Å². The molecule has 4 aliphatic rings. The number of carbonyl (C=O) groups is 4. The van der Waals surface area contributed by atoms with E-state index in [2.05, 4.69) is 58.3 Å². The number of fused-ring (bicyclic) bond motifs is 5. The lowest BCUT2D eigenvalue weighted by Crippen LogP contribution is -2.51. The van der Waals surface area contributed by atoms with Crippen LogP contribution in [0, 0.1) is 52.3 Å².